The maximum atomic E-state index is 13.8. The minimum absolute atomic E-state index is 0.0718. The summed E-state index contributed by atoms with van der Waals surface area (Å²) in [5.74, 6) is 0.837. The lowest BCUT2D eigenvalue weighted by Crippen LogP contribution is -2.44. The summed E-state index contributed by atoms with van der Waals surface area (Å²) in [4.78, 5) is 17.4. The molecule has 3 saturated heterocycles. The van der Waals surface area contributed by atoms with Crippen LogP contribution < -0.4 is 15.5 Å². The van der Waals surface area contributed by atoms with Crippen LogP contribution in [-0.4, -0.2) is 67.6 Å². The lowest BCUT2D eigenvalue weighted by Gasteiger charge is -2.40. The molecule has 1 spiro atoms. The second kappa shape index (κ2) is 8.60. The highest BCUT2D eigenvalue weighted by Gasteiger charge is 2.40. The van der Waals surface area contributed by atoms with Gasteiger partial charge in [-0.05, 0) is 25.3 Å². The van der Waals surface area contributed by atoms with Crippen LogP contribution in [0.25, 0.3) is 11.3 Å². The van der Waals surface area contributed by atoms with Crippen LogP contribution in [0, 0.1) is 5.41 Å². The molecule has 2 aromatic rings. The number of rotatable bonds is 3. The van der Waals surface area contributed by atoms with Crippen molar-refractivity contribution in [2.45, 2.75) is 25.4 Å². The number of ether oxygens (including phenoxy) is 2. The summed E-state index contributed by atoms with van der Waals surface area (Å²) in [6.45, 7) is 5.19. The molecule has 0 radical (unpaired) electrons. The number of nitrogens with two attached hydrogens (primary N) is 1. The summed E-state index contributed by atoms with van der Waals surface area (Å²) < 4.78 is 52.6. The van der Waals surface area contributed by atoms with E-state index in [0.29, 0.717) is 44.7 Å². The summed E-state index contributed by atoms with van der Waals surface area (Å²) >= 11 is 0. The SMILES string of the molecule is Nc1cc(C(F)(F)F)c(-c2cc(N3CCCC4(CCOC4)C3)nc(N3CCOCC3)n2)cn1. The van der Waals surface area contributed by atoms with Gasteiger partial charge in [0.1, 0.15) is 11.6 Å². The molecule has 0 aliphatic carbocycles. The Bertz CT molecular complexity index is 1010. The highest BCUT2D eigenvalue weighted by atomic mass is 19.4. The van der Waals surface area contributed by atoms with E-state index in [9.17, 15) is 13.2 Å². The Labute approximate surface area is 189 Å². The molecule has 8 nitrogen and oxygen atoms in total. The maximum Gasteiger partial charge on any atom is 0.417 e. The first-order chi connectivity index (χ1) is 15.8. The Hall–Kier alpha value is -2.66. The predicted octanol–water partition coefficient (Wildman–Crippen LogP) is 2.98. The van der Waals surface area contributed by atoms with Crippen molar-refractivity contribution in [3.05, 3.63) is 23.9 Å². The van der Waals surface area contributed by atoms with Gasteiger partial charge in [0, 0.05) is 56.0 Å². The number of aromatic nitrogens is 3. The van der Waals surface area contributed by atoms with Crippen molar-refractivity contribution in [1.82, 2.24) is 15.0 Å². The minimum atomic E-state index is -4.59. The smallest absolute Gasteiger partial charge is 0.384 e. The number of hydrogen-bond acceptors (Lipinski definition) is 8. The Kier molecular flexibility index (Phi) is 5.77. The van der Waals surface area contributed by atoms with E-state index in [-0.39, 0.29) is 22.5 Å². The van der Waals surface area contributed by atoms with E-state index in [1.54, 1.807) is 6.07 Å². The number of nitrogens with zero attached hydrogens (tertiary/aromatic N) is 5. The first-order valence-electron chi connectivity index (χ1n) is 11.2. The molecule has 0 aromatic carbocycles. The van der Waals surface area contributed by atoms with Crippen LogP contribution in [-0.2, 0) is 15.7 Å². The Morgan fingerprint density at radius 3 is 2.52 bits per heavy atom. The summed E-state index contributed by atoms with van der Waals surface area (Å²) in [7, 11) is 0. The van der Waals surface area contributed by atoms with Crippen molar-refractivity contribution in [2.75, 3.05) is 68.1 Å². The molecule has 33 heavy (non-hydrogen) atoms. The van der Waals surface area contributed by atoms with Crippen LogP contribution in [0.15, 0.2) is 18.3 Å². The van der Waals surface area contributed by atoms with Crippen LogP contribution in [0.4, 0.5) is 30.8 Å². The molecule has 1 atom stereocenters. The van der Waals surface area contributed by atoms with E-state index in [4.69, 9.17) is 20.2 Å². The topological polar surface area (TPSA) is 89.6 Å². The van der Waals surface area contributed by atoms with E-state index >= 15 is 0 Å². The second-order valence-corrected chi connectivity index (χ2v) is 8.99. The van der Waals surface area contributed by atoms with E-state index < -0.39 is 11.7 Å². The fourth-order valence-electron chi connectivity index (χ4n) is 4.91. The van der Waals surface area contributed by atoms with Crippen LogP contribution in [0.5, 0.6) is 0 Å². The first-order valence-corrected chi connectivity index (χ1v) is 11.2. The molecule has 1 unspecified atom stereocenters. The lowest BCUT2D eigenvalue weighted by molar-refractivity contribution is -0.137. The van der Waals surface area contributed by atoms with Gasteiger partial charge in [-0.2, -0.15) is 18.2 Å². The molecule has 178 valence electrons. The highest BCUT2D eigenvalue weighted by Crippen LogP contribution is 2.41. The predicted molar refractivity (Wildman–Crippen MR) is 117 cm³/mol. The van der Waals surface area contributed by atoms with Crippen molar-refractivity contribution >= 4 is 17.6 Å². The van der Waals surface area contributed by atoms with E-state index in [1.807, 2.05) is 4.90 Å². The third-order valence-electron chi connectivity index (χ3n) is 6.67. The third-order valence-corrected chi connectivity index (χ3v) is 6.67. The van der Waals surface area contributed by atoms with E-state index in [2.05, 4.69) is 14.9 Å². The summed E-state index contributed by atoms with van der Waals surface area (Å²) in [5.41, 5.74) is 4.87. The van der Waals surface area contributed by atoms with Gasteiger partial charge >= 0.3 is 6.18 Å². The molecule has 0 amide bonds. The molecule has 3 aliphatic heterocycles. The van der Waals surface area contributed by atoms with Crippen molar-refractivity contribution in [3.63, 3.8) is 0 Å². The zero-order chi connectivity index (χ0) is 23.1. The molecule has 2 N–H and O–H groups in total. The monoisotopic (exact) mass is 464 g/mol. The van der Waals surface area contributed by atoms with Gasteiger partial charge in [-0.1, -0.05) is 0 Å². The quantitative estimate of drug-likeness (QED) is 0.742. The number of morpholine rings is 1. The van der Waals surface area contributed by atoms with E-state index in [0.717, 1.165) is 51.2 Å². The van der Waals surface area contributed by atoms with Crippen LogP contribution >= 0.6 is 0 Å². The average molecular weight is 464 g/mol. The number of nitrogen functional groups attached to an aromatic ring is 1. The Morgan fingerprint density at radius 2 is 1.79 bits per heavy atom. The van der Waals surface area contributed by atoms with Crippen molar-refractivity contribution < 1.29 is 22.6 Å². The van der Waals surface area contributed by atoms with Crippen LogP contribution in [0.3, 0.4) is 0 Å². The summed E-state index contributed by atoms with van der Waals surface area (Å²) in [6.07, 6.45) is -0.397. The molecule has 11 heteroatoms. The third kappa shape index (κ3) is 4.56. The van der Waals surface area contributed by atoms with Gasteiger partial charge in [0.05, 0.1) is 31.1 Å². The number of hydrogen-bond donors (Lipinski definition) is 1. The molecule has 0 bridgehead atoms. The van der Waals surface area contributed by atoms with Gasteiger partial charge in [-0.3, -0.25) is 0 Å². The fourth-order valence-corrected chi connectivity index (χ4v) is 4.91. The normalized spacial score (nSPS) is 24.0. The second-order valence-electron chi connectivity index (χ2n) is 8.99. The molecule has 5 rings (SSSR count). The molecular weight excluding hydrogens is 437 g/mol. The molecule has 3 fully saturated rings. The lowest BCUT2D eigenvalue weighted by atomic mass is 9.79. The van der Waals surface area contributed by atoms with Gasteiger partial charge in [-0.15, -0.1) is 0 Å². The summed E-state index contributed by atoms with van der Waals surface area (Å²) in [5, 5.41) is 0. The fraction of sp³-hybridized carbons (Fsp3) is 0.591. The van der Waals surface area contributed by atoms with Gasteiger partial charge in [-0.25, -0.2) is 9.97 Å². The zero-order valence-corrected chi connectivity index (χ0v) is 18.3. The van der Waals surface area contributed by atoms with Crippen LogP contribution in [0.1, 0.15) is 24.8 Å². The number of piperidine rings is 1. The van der Waals surface area contributed by atoms with Gasteiger partial charge in [0.2, 0.25) is 5.95 Å². The highest BCUT2D eigenvalue weighted by molar-refractivity contribution is 5.69. The number of halogens is 3. The standard InChI is InChI=1S/C22H27F3N6O2/c23-22(24,25)16-10-18(26)27-12-15(16)17-11-19(29-20(28-17)30-5-8-32-9-6-30)31-4-1-2-21(13-31)3-7-33-14-21/h10-12H,1-9,13-14H2,(H2,26,27). The van der Waals surface area contributed by atoms with Crippen molar-refractivity contribution in [3.8, 4) is 11.3 Å². The zero-order valence-electron chi connectivity index (χ0n) is 18.3. The van der Waals surface area contributed by atoms with Gasteiger partial charge in [0.25, 0.3) is 0 Å². The number of pyridine rings is 1. The number of anilines is 3. The van der Waals surface area contributed by atoms with Crippen LogP contribution in [0.2, 0.25) is 0 Å². The van der Waals surface area contributed by atoms with Crippen molar-refractivity contribution in [1.29, 1.82) is 0 Å². The average Bonchev–Trinajstić information content (AvgIpc) is 3.26. The molecule has 5 heterocycles. The molecule has 2 aromatic heterocycles. The minimum Gasteiger partial charge on any atom is -0.384 e. The molecule has 0 saturated carbocycles. The summed E-state index contributed by atoms with van der Waals surface area (Å²) in [6, 6.07) is 2.50. The van der Waals surface area contributed by atoms with Gasteiger partial charge < -0.3 is 25.0 Å². The molecule has 3 aliphatic rings. The maximum absolute atomic E-state index is 13.8. The van der Waals surface area contributed by atoms with Crippen molar-refractivity contribution in [2.24, 2.45) is 5.41 Å². The Balaban J connectivity index is 1.58. The first kappa shape index (κ1) is 22.1. The largest absolute Gasteiger partial charge is 0.417 e. The molecular formula is C22H27F3N6O2. The van der Waals surface area contributed by atoms with E-state index in [1.165, 1.54) is 0 Å². The number of alkyl halides is 3. The van der Waals surface area contributed by atoms with Gasteiger partial charge in [0.15, 0.2) is 0 Å². The Morgan fingerprint density at radius 1 is 0.970 bits per heavy atom.